The Hall–Kier alpha value is 0.430. The average molecular weight is 367 g/mol. The van der Waals surface area contributed by atoms with E-state index in [9.17, 15) is 0 Å². The van der Waals surface area contributed by atoms with Gasteiger partial charge in [-0.25, -0.2) is 0 Å². The van der Waals surface area contributed by atoms with Crippen molar-refractivity contribution in [2.45, 2.75) is 25.7 Å². The van der Waals surface area contributed by atoms with E-state index < -0.39 is 0 Å². The first kappa shape index (κ1) is 12.5. The maximum Gasteiger partial charge on any atom is 0.00344 e. The van der Waals surface area contributed by atoms with Crippen molar-refractivity contribution >= 4 is 38.5 Å². The van der Waals surface area contributed by atoms with E-state index in [2.05, 4.69) is 62.8 Å². The highest BCUT2D eigenvalue weighted by atomic mass is 127. The third-order valence-corrected chi connectivity index (χ3v) is 3.51. The molecule has 0 unspecified atom stereocenters. The summed E-state index contributed by atoms with van der Waals surface area (Å²) in [6.45, 7) is 0. The molecule has 0 saturated carbocycles. The van der Waals surface area contributed by atoms with Crippen molar-refractivity contribution < 1.29 is 0 Å². The van der Waals surface area contributed by atoms with E-state index in [4.69, 9.17) is 0 Å². The van der Waals surface area contributed by atoms with Gasteiger partial charge in [0, 0.05) is 5.33 Å². The maximum atomic E-state index is 3.47. The molecule has 0 N–H and O–H groups in total. The van der Waals surface area contributed by atoms with Crippen molar-refractivity contribution in [3.8, 4) is 0 Å². The van der Waals surface area contributed by atoms with E-state index in [1.807, 2.05) is 0 Å². The fraction of sp³-hybridized carbons (Fsp3) is 0.500. The quantitative estimate of drug-likeness (QED) is 0.517. The summed E-state index contributed by atoms with van der Waals surface area (Å²) in [5.74, 6) is 0. The van der Waals surface area contributed by atoms with Crippen LogP contribution in [-0.2, 0) is 12.8 Å². The number of aryl methyl sites for hydroxylation is 2. The second-order valence-corrected chi connectivity index (χ2v) is 5.28. The van der Waals surface area contributed by atoms with Crippen LogP contribution < -0.4 is 0 Å². The molecule has 0 bridgehead atoms. The molecular formula is C12H16BrI. The number of alkyl halides is 2. The van der Waals surface area contributed by atoms with E-state index >= 15 is 0 Å². The Bertz CT molecular complexity index is 237. The zero-order valence-electron chi connectivity index (χ0n) is 8.31. The Kier molecular flexibility index (Phi) is 6.86. The van der Waals surface area contributed by atoms with Crippen molar-refractivity contribution in [2.75, 3.05) is 9.76 Å². The molecule has 1 aromatic carbocycles. The van der Waals surface area contributed by atoms with Gasteiger partial charge in [0.15, 0.2) is 0 Å². The Balaban J connectivity index is 2.50. The molecule has 0 atom stereocenters. The van der Waals surface area contributed by atoms with Gasteiger partial charge >= 0.3 is 0 Å². The van der Waals surface area contributed by atoms with Crippen molar-refractivity contribution in [1.82, 2.24) is 0 Å². The molecule has 1 rings (SSSR count). The third kappa shape index (κ3) is 4.78. The van der Waals surface area contributed by atoms with Gasteiger partial charge in [0.25, 0.3) is 0 Å². The molecule has 0 heterocycles. The fourth-order valence-electron chi connectivity index (χ4n) is 1.48. The highest BCUT2D eigenvalue weighted by Gasteiger charge is 1.96. The summed E-state index contributed by atoms with van der Waals surface area (Å²) in [4.78, 5) is 0. The van der Waals surface area contributed by atoms with Crippen LogP contribution in [0.25, 0.3) is 0 Å². The zero-order valence-corrected chi connectivity index (χ0v) is 12.1. The van der Waals surface area contributed by atoms with Crippen molar-refractivity contribution in [3.63, 3.8) is 0 Å². The van der Waals surface area contributed by atoms with E-state index in [0.717, 1.165) is 5.33 Å². The molecule has 0 aromatic heterocycles. The first-order valence-corrected chi connectivity index (χ1v) is 7.71. The fourth-order valence-corrected chi connectivity index (χ4v) is 2.14. The Morgan fingerprint density at radius 3 is 2.29 bits per heavy atom. The Morgan fingerprint density at radius 1 is 1.07 bits per heavy atom. The van der Waals surface area contributed by atoms with Gasteiger partial charge in [0.1, 0.15) is 0 Å². The summed E-state index contributed by atoms with van der Waals surface area (Å²) in [5.41, 5.74) is 2.98. The molecule has 0 radical (unpaired) electrons. The van der Waals surface area contributed by atoms with Crippen LogP contribution in [0.5, 0.6) is 0 Å². The first-order valence-electron chi connectivity index (χ1n) is 5.06. The van der Waals surface area contributed by atoms with Gasteiger partial charge in [0.2, 0.25) is 0 Å². The molecule has 0 aliphatic rings. The van der Waals surface area contributed by atoms with Gasteiger partial charge in [-0.3, -0.25) is 0 Å². The largest absolute Gasteiger partial charge is 0.0928 e. The predicted molar refractivity (Wildman–Crippen MR) is 75.8 cm³/mol. The third-order valence-electron chi connectivity index (χ3n) is 2.19. The lowest BCUT2D eigenvalue weighted by Crippen LogP contribution is -1.90. The lowest BCUT2D eigenvalue weighted by atomic mass is 10.0. The molecule has 0 aliphatic carbocycles. The lowest BCUT2D eigenvalue weighted by molar-refractivity contribution is 0.914. The van der Waals surface area contributed by atoms with Crippen LogP contribution in [0.2, 0.25) is 0 Å². The number of halogens is 2. The second kappa shape index (κ2) is 7.69. The van der Waals surface area contributed by atoms with Gasteiger partial charge in [0.05, 0.1) is 0 Å². The van der Waals surface area contributed by atoms with E-state index in [-0.39, 0.29) is 0 Å². The lowest BCUT2D eigenvalue weighted by Gasteiger charge is -2.03. The highest BCUT2D eigenvalue weighted by Crippen LogP contribution is 2.10. The summed E-state index contributed by atoms with van der Waals surface area (Å²) < 4.78 is 1.25. The standard InChI is InChI=1S/C12H16BrI/c13-8-2-6-11-4-1-5-12(10-11)7-3-9-14/h1,4-5,10H,2-3,6-9H2. The van der Waals surface area contributed by atoms with Gasteiger partial charge in [-0.15, -0.1) is 0 Å². The van der Waals surface area contributed by atoms with Crippen LogP contribution >= 0.6 is 38.5 Å². The molecule has 0 fully saturated rings. The van der Waals surface area contributed by atoms with Crippen LogP contribution in [0.1, 0.15) is 24.0 Å². The molecule has 2 heteroatoms. The predicted octanol–water partition coefficient (Wildman–Crippen LogP) is 4.38. The highest BCUT2D eigenvalue weighted by molar-refractivity contribution is 14.1. The van der Waals surface area contributed by atoms with Gasteiger partial charge < -0.3 is 0 Å². The molecule has 0 amide bonds. The zero-order chi connectivity index (χ0) is 10.2. The molecule has 0 saturated heterocycles. The molecule has 0 spiro atoms. The summed E-state index contributed by atoms with van der Waals surface area (Å²) >= 11 is 5.91. The van der Waals surface area contributed by atoms with Crippen molar-refractivity contribution in [1.29, 1.82) is 0 Å². The van der Waals surface area contributed by atoms with Gasteiger partial charge in [-0.1, -0.05) is 62.8 Å². The Labute approximate surface area is 109 Å². The monoisotopic (exact) mass is 366 g/mol. The van der Waals surface area contributed by atoms with Crippen molar-refractivity contribution in [2.24, 2.45) is 0 Å². The molecule has 78 valence electrons. The van der Waals surface area contributed by atoms with Crippen LogP contribution in [0, 0.1) is 0 Å². The normalized spacial score (nSPS) is 10.4. The summed E-state index contributed by atoms with van der Waals surface area (Å²) in [6.07, 6.45) is 4.95. The maximum absolute atomic E-state index is 3.47. The van der Waals surface area contributed by atoms with Crippen LogP contribution in [0.4, 0.5) is 0 Å². The summed E-state index contributed by atoms with van der Waals surface area (Å²) in [5, 5.41) is 1.10. The van der Waals surface area contributed by atoms with E-state index in [1.165, 1.54) is 41.2 Å². The second-order valence-electron chi connectivity index (χ2n) is 3.41. The molecular weight excluding hydrogens is 351 g/mol. The molecule has 0 aliphatic heterocycles. The minimum atomic E-state index is 1.10. The number of benzene rings is 1. The summed E-state index contributed by atoms with van der Waals surface area (Å²) in [6, 6.07) is 9.02. The van der Waals surface area contributed by atoms with Gasteiger partial charge in [-0.2, -0.15) is 0 Å². The van der Waals surface area contributed by atoms with Crippen molar-refractivity contribution in [3.05, 3.63) is 35.4 Å². The molecule has 1 aromatic rings. The van der Waals surface area contributed by atoms with Crippen LogP contribution in [0.15, 0.2) is 24.3 Å². The summed E-state index contributed by atoms with van der Waals surface area (Å²) in [7, 11) is 0. The minimum Gasteiger partial charge on any atom is -0.0928 e. The Morgan fingerprint density at radius 2 is 1.71 bits per heavy atom. The SMILES string of the molecule is BrCCCc1cccc(CCCI)c1. The van der Waals surface area contributed by atoms with E-state index in [1.54, 1.807) is 0 Å². The number of hydrogen-bond acceptors (Lipinski definition) is 0. The smallest absolute Gasteiger partial charge is 0.00344 e. The van der Waals surface area contributed by atoms with Crippen LogP contribution in [0.3, 0.4) is 0 Å². The first-order chi connectivity index (χ1) is 6.86. The van der Waals surface area contributed by atoms with Crippen LogP contribution in [-0.4, -0.2) is 9.76 Å². The minimum absolute atomic E-state index is 1.10. The number of hydrogen-bond donors (Lipinski definition) is 0. The number of rotatable bonds is 6. The molecule has 14 heavy (non-hydrogen) atoms. The van der Waals surface area contributed by atoms with E-state index in [0.29, 0.717) is 0 Å². The van der Waals surface area contributed by atoms with Gasteiger partial charge in [-0.05, 0) is 41.2 Å². The topological polar surface area (TPSA) is 0 Å². The molecule has 0 nitrogen and oxygen atoms in total. The average Bonchev–Trinajstić information content (AvgIpc) is 2.24.